The van der Waals surface area contributed by atoms with Crippen molar-refractivity contribution >= 4 is 38.7 Å². The average molecular weight is 505 g/mol. The predicted octanol–water partition coefficient (Wildman–Crippen LogP) is 4.15. The van der Waals surface area contributed by atoms with Crippen molar-refractivity contribution in [3.05, 3.63) is 52.9 Å². The van der Waals surface area contributed by atoms with Gasteiger partial charge in [-0.2, -0.15) is 0 Å². The van der Waals surface area contributed by atoms with E-state index >= 15 is 4.39 Å². The summed E-state index contributed by atoms with van der Waals surface area (Å²) in [4.78, 5) is 14.3. The molecule has 0 atom stereocenters. The van der Waals surface area contributed by atoms with Crippen molar-refractivity contribution in [3.63, 3.8) is 0 Å². The molecular formula is C24H26ClFN4O3S. The van der Waals surface area contributed by atoms with Crippen molar-refractivity contribution in [1.29, 1.82) is 0 Å². The highest BCUT2D eigenvalue weighted by Gasteiger charge is 2.31. The molecule has 1 saturated carbocycles. The number of aromatic nitrogens is 2. The lowest BCUT2D eigenvalue weighted by atomic mass is 10.0. The van der Waals surface area contributed by atoms with Crippen LogP contribution < -0.4 is 5.32 Å². The quantitative estimate of drug-likeness (QED) is 0.545. The summed E-state index contributed by atoms with van der Waals surface area (Å²) in [5, 5.41) is 7.21. The van der Waals surface area contributed by atoms with Crippen LogP contribution in [0.15, 0.2) is 36.5 Å². The third-order valence-corrected chi connectivity index (χ3v) is 8.73. The third kappa shape index (κ3) is 4.69. The summed E-state index contributed by atoms with van der Waals surface area (Å²) in [6.07, 6.45) is 5.91. The first-order chi connectivity index (χ1) is 16.2. The van der Waals surface area contributed by atoms with E-state index in [1.165, 1.54) is 12.3 Å². The second kappa shape index (κ2) is 8.94. The Hall–Kier alpha value is -2.49. The SMILES string of the molecule is CS(=O)(=O)C1CCN(Cc2ccc(-c3cccn4nc(NC(=O)C5CC5)c(Cl)c34)cc2F)CC1. The number of fused-ring (bicyclic) bond motifs is 1. The summed E-state index contributed by atoms with van der Waals surface area (Å²) in [5.74, 6) is -0.0785. The Morgan fingerprint density at radius 3 is 2.59 bits per heavy atom. The highest BCUT2D eigenvalue weighted by molar-refractivity contribution is 7.91. The number of hydrogen-bond acceptors (Lipinski definition) is 5. The van der Waals surface area contributed by atoms with Gasteiger partial charge in [-0.25, -0.2) is 17.3 Å². The van der Waals surface area contributed by atoms with Crippen LogP contribution >= 0.6 is 11.6 Å². The molecule has 3 heterocycles. The number of carbonyl (C=O) groups excluding carboxylic acids is 1. The molecule has 0 spiro atoms. The van der Waals surface area contributed by atoms with Gasteiger partial charge >= 0.3 is 0 Å². The highest BCUT2D eigenvalue weighted by Crippen LogP contribution is 2.36. The number of carbonyl (C=O) groups is 1. The van der Waals surface area contributed by atoms with E-state index in [9.17, 15) is 13.2 Å². The van der Waals surface area contributed by atoms with Crippen LogP contribution in [0.3, 0.4) is 0 Å². The lowest BCUT2D eigenvalue weighted by Crippen LogP contribution is -2.38. The Balaban J connectivity index is 1.36. The number of halogens is 2. The fourth-order valence-electron chi connectivity index (χ4n) is 4.52. The van der Waals surface area contributed by atoms with Gasteiger partial charge < -0.3 is 5.32 Å². The zero-order valence-corrected chi connectivity index (χ0v) is 20.4. The smallest absolute Gasteiger partial charge is 0.228 e. The van der Waals surface area contributed by atoms with Gasteiger partial charge in [-0.1, -0.05) is 29.8 Å². The first-order valence-electron chi connectivity index (χ1n) is 11.4. The van der Waals surface area contributed by atoms with E-state index in [0.717, 1.165) is 12.8 Å². The molecule has 3 aromatic rings. The average Bonchev–Trinajstić information content (AvgIpc) is 3.60. The molecule has 1 aliphatic heterocycles. The van der Waals surface area contributed by atoms with E-state index in [4.69, 9.17) is 11.6 Å². The Morgan fingerprint density at radius 1 is 1.21 bits per heavy atom. The summed E-state index contributed by atoms with van der Waals surface area (Å²) < 4.78 is 40.2. The lowest BCUT2D eigenvalue weighted by Gasteiger charge is -2.31. The number of likely N-dealkylation sites (tertiary alicyclic amines) is 1. The van der Waals surface area contributed by atoms with E-state index in [2.05, 4.69) is 15.3 Å². The Morgan fingerprint density at radius 2 is 1.94 bits per heavy atom. The maximum atomic E-state index is 15.1. The molecule has 2 aromatic heterocycles. The van der Waals surface area contributed by atoms with E-state index < -0.39 is 9.84 Å². The molecule has 1 amide bonds. The van der Waals surface area contributed by atoms with Crippen LogP contribution in [0.2, 0.25) is 5.02 Å². The van der Waals surface area contributed by atoms with Crippen molar-refractivity contribution in [1.82, 2.24) is 14.5 Å². The van der Waals surface area contributed by atoms with E-state index in [1.807, 2.05) is 12.1 Å². The molecule has 0 radical (unpaired) electrons. The number of amides is 1. The number of benzene rings is 1. The third-order valence-electron chi connectivity index (χ3n) is 6.69. The number of piperidine rings is 1. The number of sulfone groups is 1. The maximum Gasteiger partial charge on any atom is 0.228 e. The molecule has 2 aliphatic rings. The van der Waals surface area contributed by atoms with Crippen molar-refractivity contribution in [2.45, 2.75) is 37.5 Å². The van der Waals surface area contributed by atoms with Gasteiger partial charge in [0, 0.05) is 36.0 Å². The number of anilines is 1. The van der Waals surface area contributed by atoms with Crippen LogP contribution in [-0.4, -0.2) is 53.4 Å². The van der Waals surface area contributed by atoms with Gasteiger partial charge in [-0.05, 0) is 56.5 Å². The standard InChI is InChI=1S/C24H26ClFN4O3S/c1-34(32,33)18-8-11-29(12-9-18)14-17-7-6-16(13-20(17)26)19-3-2-10-30-22(19)21(25)23(28-30)27-24(31)15-4-5-15/h2-3,6-7,10,13,15,18H,4-5,8-9,11-12,14H2,1H3,(H,27,28,31). The Bertz CT molecular complexity index is 1360. The minimum Gasteiger partial charge on any atom is -0.308 e. The number of rotatable bonds is 6. The molecule has 2 fully saturated rings. The molecule has 10 heteroatoms. The highest BCUT2D eigenvalue weighted by atomic mass is 35.5. The van der Waals surface area contributed by atoms with Gasteiger partial charge in [-0.15, -0.1) is 5.10 Å². The predicted molar refractivity (Wildman–Crippen MR) is 130 cm³/mol. The van der Waals surface area contributed by atoms with Gasteiger partial charge in [0.2, 0.25) is 5.91 Å². The molecule has 5 rings (SSSR count). The van der Waals surface area contributed by atoms with Gasteiger partial charge in [-0.3, -0.25) is 9.69 Å². The zero-order valence-electron chi connectivity index (χ0n) is 18.8. The molecule has 1 N–H and O–H groups in total. The van der Waals surface area contributed by atoms with Crippen LogP contribution in [0.25, 0.3) is 16.6 Å². The molecule has 34 heavy (non-hydrogen) atoms. The molecule has 7 nitrogen and oxygen atoms in total. The van der Waals surface area contributed by atoms with E-state index in [-0.39, 0.29) is 22.9 Å². The van der Waals surface area contributed by atoms with Crippen molar-refractivity contribution in [3.8, 4) is 11.1 Å². The van der Waals surface area contributed by atoms with Crippen molar-refractivity contribution in [2.75, 3.05) is 24.7 Å². The van der Waals surface area contributed by atoms with Crippen LogP contribution in [0.4, 0.5) is 10.2 Å². The van der Waals surface area contributed by atoms with Gasteiger partial charge in [0.25, 0.3) is 0 Å². The second-order valence-corrected chi connectivity index (χ2v) is 12.0. The fraction of sp³-hybridized carbons (Fsp3) is 0.417. The van der Waals surface area contributed by atoms with Crippen LogP contribution in [-0.2, 0) is 21.2 Å². The first kappa shape index (κ1) is 23.3. The van der Waals surface area contributed by atoms with E-state index in [1.54, 1.807) is 22.8 Å². The van der Waals surface area contributed by atoms with Gasteiger partial charge in [0.1, 0.15) is 20.7 Å². The summed E-state index contributed by atoms with van der Waals surface area (Å²) in [6.45, 7) is 1.68. The summed E-state index contributed by atoms with van der Waals surface area (Å²) >= 11 is 6.58. The molecule has 0 bridgehead atoms. The fourth-order valence-corrected chi connectivity index (χ4v) is 5.86. The Labute approximate surface area is 202 Å². The summed E-state index contributed by atoms with van der Waals surface area (Å²) in [6, 6.07) is 8.75. The molecule has 1 aromatic carbocycles. The zero-order chi connectivity index (χ0) is 24.0. The summed E-state index contributed by atoms with van der Waals surface area (Å²) in [7, 11) is -3.04. The minimum atomic E-state index is -3.04. The van der Waals surface area contributed by atoms with Crippen LogP contribution in [0.5, 0.6) is 0 Å². The Kier molecular flexibility index (Phi) is 6.12. The monoisotopic (exact) mass is 504 g/mol. The normalized spacial score (nSPS) is 17.9. The minimum absolute atomic E-state index is 0.0270. The number of hydrogen-bond donors (Lipinski definition) is 1. The van der Waals surface area contributed by atoms with Gasteiger partial charge in [0.15, 0.2) is 5.82 Å². The second-order valence-electron chi connectivity index (χ2n) is 9.25. The molecule has 1 aliphatic carbocycles. The van der Waals surface area contributed by atoms with Crippen molar-refractivity contribution in [2.24, 2.45) is 5.92 Å². The number of pyridine rings is 1. The van der Waals surface area contributed by atoms with Gasteiger partial charge in [0.05, 0.1) is 10.8 Å². The molecule has 180 valence electrons. The maximum absolute atomic E-state index is 15.1. The largest absolute Gasteiger partial charge is 0.308 e. The lowest BCUT2D eigenvalue weighted by molar-refractivity contribution is -0.117. The summed E-state index contributed by atoms with van der Waals surface area (Å²) in [5.41, 5.74) is 2.53. The van der Waals surface area contributed by atoms with Crippen molar-refractivity contribution < 1.29 is 17.6 Å². The van der Waals surface area contributed by atoms with Crippen LogP contribution in [0.1, 0.15) is 31.2 Å². The van der Waals surface area contributed by atoms with Crippen LogP contribution in [0, 0.1) is 11.7 Å². The number of nitrogens with one attached hydrogen (secondary N) is 1. The molecule has 1 saturated heterocycles. The van der Waals surface area contributed by atoms with E-state index in [0.29, 0.717) is 65.5 Å². The topological polar surface area (TPSA) is 83.8 Å². The first-order valence-corrected chi connectivity index (χ1v) is 13.7. The number of nitrogens with zero attached hydrogens (tertiary/aromatic N) is 3. The molecular weight excluding hydrogens is 479 g/mol. The molecule has 0 unspecified atom stereocenters.